The van der Waals surface area contributed by atoms with Crippen LogP contribution >= 0.6 is 0 Å². The van der Waals surface area contributed by atoms with Crippen LogP contribution in [-0.4, -0.2) is 36.1 Å². The van der Waals surface area contributed by atoms with E-state index in [-0.39, 0.29) is 5.97 Å². The summed E-state index contributed by atoms with van der Waals surface area (Å²) in [5.74, 6) is 1.90. The molecule has 3 aromatic carbocycles. The Kier molecular flexibility index (Phi) is 7.37. The normalized spacial score (nSPS) is 15.3. The minimum absolute atomic E-state index is 0.253. The third kappa shape index (κ3) is 5.59. The second-order valence-electron chi connectivity index (χ2n) is 9.48. The Balaban J connectivity index is 1.30. The van der Waals surface area contributed by atoms with E-state index in [4.69, 9.17) is 13.9 Å². The number of hydrogen-bond acceptors (Lipinski definition) is 6. The molecule has 4 aromatic rings. The van der Waals surface area contributed by atoms with Gasteiger partial charge in [-0.1, -0.05) is 54.1 Å². The van der Waals surface area contributed by atoms with E-state index < -0.39 is 6.04 Å². The fourth-order valence-electron chi connectivity index (χ4n) is 4.85. The van der Waals surface area contributed by atoms with Crippen molar-refractivity contribution in [1.29, 1.82) is 0 Å². The van der Waals surface area contributed by atoms with Gasteiger partial charge in [0, 0.05) is 25.1 Å². The van der Waals surface area contributed by atoms with Gasteiger partial charge in [0.1, 0.15) is 17.6 Å². The smallest absolute Gasteiger partial charge is 0.327 e. The van der Waals surface area contributed by atoms with Crippen LogP contribution in [0.5, 0.6) is 5.75 Å². The van der Waals surface area contributed by atoms with E-state index in [1.54, 1.807) is 0 Å². The summed E-state index contributed by atoms with van der Waals surface area (Å²) in [6.07, 6.45) is 1.49. The SMILES string of the molecule is COC(=O)C1c2cc(OCCc3nc(-c4ccccc4)oc3C)ccc2CCN1Cc1ccc(C)cc1. The average molecular weight is 497 g/mol. The molecule has 5 rings (SSSR count). The minimum atomic E-state index is -0.468. The van der Waals surface area contributed by atoms with Crippen LogP contribution in [0.3, 0.4) is 0 Å². The molecule has 0 spiro atoms. The van der Waals surface area contributed by atoms with Crippen molar-refractivity contribution in [1.82, 2.24) is 9.88 Å². The van der Waals surface area contributed by atoms with Gasteiger partial charge in [-0.3, -0.25) is 4.90 Å². The number of carbonyl (C=O) groups excluding carboxylic acids is 1. The number of oxazole rings is 1. The lowest BCUT2D eigenvalue weighted by Crippen LogP contribution is -2.39. The van der Waals surface area contributed by atoms with E-state index in [0.29, 0.717) is 25.5 Å². The van der Waals surface area contributed by atoms with E-state index in [9.17, 15) is 4.79 Å². The van der Waals surface area contributed by atoms with Gasteiger partial charge in [-0.2, -0.15) is 0 Å². The van der Waals surface area contributed by atoms with Gasteiger partial charge in [0.05, 0.1) is 19.4 Å². The zero-order chi connectivity index (χ0) is 25.8. The van der Waals surface area contributed by atoms with Gasteiger partial charge < -0.3 is 13.9 Å². The monoisotopic (exact) mass is 496 g/mol. The van der Waals surface area contributed by atoms with Crippen molar-refractivity contribution in [2.24, 2.45) is 0 Å². The summed E-state index contributed by atoms with van der Waals surface area (Å²) in [7, 11) is 1.45. The first-order valence-electron chi connectivity index (χ1n) is 12.7. The van der Waals surface area contributed by atoms with Crippen molar-refractivity contribution in [3.8, 4) is 17.2 Å². The Morgan fingerprint density at radius 2 is 1.84 bits per heavy atom. The molecule has 0 saturated heterocycles. The maximum absolute atomic E-state index is 12.9. The summed E-state index contributed by atoms with van der Waals surface area (Å²) in [5, 5.41) is 0. The maximum atomic E-state index is 12.9. The van der Waals surface area contributed by atoms with Crippen molar-refractivity contribution >= 4 is 5.97 Å². The molecule has 1 aliphatic heterocycles. The van der Waals surface area contributed by atoms with Crippen molar-refractivity contribution in [2.75, 3.05) is 20.3 Å². The maximum Gasteiger partial charge on any atom is 0.327 e. The number of aryl methyl sites for hydroxylation is 2. The number of esters is 1. The summed E-state index contributed by atoms with van der Waals surface area (Å²) in [5.41, 5.74) is 6.34. The highest BCUT2D eigenvalue weighted by Gasteiger charge is 2.34. The molecule has 0 saturated carbocycles. The van der Waals surface area contributed by atoms with E-state index in [2.05, 4.69) is 47.1 Å². The molecule has 0 amide bonds. The molecular formula is C31H32N2O4. The van der Waals surface area contributed by atoms with E-state index in [1.807, 2.05) is 49.4 Å². The molecule has 1 atom stereocenters. The number of methoxy groups -OCH3 is 1. The predicted molar refractivity (Wildman–Crippen MR) is 142 cm³/mol. The minimum Gasteiger partial charge on any atom is -0.493 e. The summed E-state index contributed by atoms with van der Waals surface area (Å²) >= 11 is 0. The van der Waals surface area contributed by atoms with Crippen molar-refractivity contribution in [2.45, 2.75) is 39.3 Å². The van der Waals surface area contributed by atoms with Crippen LogP contribution in [0.15, 0.2) is 77.2 Å². The zero-order valence-electron chi connectivity index (χ0n) is 21.6. The third-order valence-corrected chi connectivity index (χ3v) is 6.90. The Hall–Kier alpha value is -3.90. The topological polar surface area (TPSA) is 64.8 Å². The van der Waals surface area contributed by atoms with Crippen LogP contribution in [0.25, 0.3) is 11.5 Å². The molecule has 37 heavy (non-hydrogen) atoms. The van der Waals surface area contributed by atoms with Gasteiger partial charge in [0.25, 0.3) is 0 Å². The van der Waals surface area contributed by atoms with Gasteiger partial charge in [-0.25, -0.2) is 9.78 Å². The Labute approximate surface area is 217 Å². The third-order valence-electron chi connectivity index (χ3n) is 6.90. The second kappa shape index (κ2) is 11.0. The van der Waals surface area contributed by atoms with Crippen molar-refractivity contribution in [3.63, 3.8) is 0 Å². The van der Waals surface area contributed by atoms with Crippen molar-refractivity contribution < 1.29 is 18.7 Å². The first-order valence-corrected chi connectivity index (χ1v) is 12.7. The van der Waals surface area contributed by atoms with Crippen molar-refractivity contribution in [3.05, 3.63) is 107 Å². The lowest BCUT2D eigenvalue weighted by molar-refractivity contribution is -0.148. The lowest BCUT2D eigenvalue weighted by Gasteiger charge is -2.35. The molecule has 2 heterocycles. The van der Waals surface area contributed by atoms with Crippen LogP contribution in [0, 0.1) is 13.8 Å². The molecule has 1 unspecified atom stereocenters. The summed E-state index contributed by atoms with van der Waals surface area (Å²) in [6.45, 7) is 5.93. The van der Waals surface area contributed by atoms with Gasteiger partial charge in [0.15, 0.2) is 0 Å². The highest BCUT2D eigenvalue weighted by molar-refractivity contribution is 5.78. The van der Waals surface area contributed by atoms with Gasteiger partial charge in [-0.05, 0) is 61.2 Å². The largest absolute Gasteiger partial charge is 0.493 e. The molecule has 6 nitrogen and oxygen atoms in total. The predicted octanol–water partition coefficient (Wildman–Crippen LogP) is 5.85. The number of benzene rings is 3. The molecule has 0 aliphatic carbocycles. The summed E-state index contributed by atoms with van der Waals surface area (Å²) < 4.78 is 17.2. The molecule has 1 aliphatic rings. The molecule has 190 valence electrons. The van der Waals surface area contributed by atoms with Crippen LogP contribution in [-0.2, 0) is 28.9 Å². The molecule has 1 aromatic heterocycles. The van der Waals surface area contributed by atoms with Gasteiger partial charge in [0.2, 0.25) is 5.89 Å². The van der Waals surface area contributed by atoms with Gasteiger partial charge in [-0.15, -0.1) is 0 Å². The van der Waals surface area contributed by atoms with E-state index >= 15 is 0 Å². The highest BCUT2D eigenvalue weighted by atomic mass is 16.5. The first-order chi connectivity index (χ1) is 18.0. The fourth-order valence-corrected chi connectivity index (χ4v) is 4.85. The lowest BCUT2D eigenvalue weighted by atomic mass is 9.91. The first kappa shape index (κ1) is 24.8. The number of rotatable bonds is 8. The van der Waals surface area contributed by atoms with E-state index in [0.717, 1.165) is 46.9 Å². The number of fused-ring (bicyclic) bond motifs is 1. The van der Waals surface area contributed by atoms with Crippen LogP contribution in [0.2, 0.25) is 0 Å². The Morgan fingerprint density at radius 3 is 2.59 bits per heavy atom. The van der Waals surface area contributed by atoms with E-state index in [1.165, 1.54) is 18.2 Å². The second-order valence-corrected chi connectivity index (χ2v) is 9.48. The number of aromatic nitrogens is 1. The average Bonchev–Trinajstić information content (AvgIpc) is 3.30. The number of nitrogens with zero attached hydrogens (tertiary/aromatic N) is 2. The standard InChI is InChI=1S/C31H32N2O4/c1-21-9-11-23(12-10-21)20-33-17-15-24-13-14-26(19-27(24)29(33)31(34)35-3)36-18-16-28-22(2)37-30(32-28)25-7-5-4-6-8-25/h4-14,19,29H,15-18,20H2,1-3H3. The Morgan fingerprint density at radius 1 is 1.05 bits per heavy atom. The van der Waals surface area contributed by atoms with Crippen LogP contribution in [0.4, 0.5) is 0 Å². The van der Waals surface area contributed by atoms with Crippen LogP contribution in [0.1, 0.15) is 39.7 Å². The quantitative estimate of drug-likeness (QED) is 0.285. The fraction of sp³-hybridized carbons (Fsp3) is 0.290. The highest BCUT2D eigenvalue weighted by Crippen LogP contribution is 2.34. The molecule has 0 fully saturated rings. The summed E-state index contributed by atoms with van der Waals surface area (Å²) in [6, 6.07) is 23.9. The molecular weight excluding hydrogens is 464 g/mol. The molecule has 6 heteroatoms. The summed E-state index contributed by atoms with van der Waals surface area (Å²) in [4.78, 5) is 19.8. The molecule has 0 N–H and O–H groups in total. The number of ether oxygens (including phenoxy) is 2. The molecule has 0 bridgehead atoms. The number of hydrogen-bond donors (Lipinski definition) is 0. The zero-order valence-corrected chi connectivity index (χ0v) is 21.6. The Bertz CT molecular complexity index is 1360. The van der Waals surface area contributed by atoms with Gasteiger partial charge >= 0.3 is 5.97 Å². The van der Waals surface area contributed by atoms with Crippen LogP contribution < -0.4 is 4.74 Å². The molecule has 0 radical (unpaired) electrons. The number of carbonyl (C=O) groups is 1.